The molecule has 3 heterocycles. The van der Waals surface area contributed by atoms with Crippen LogP contribution in [0.1, 0.15) is 18.7 Å². The maximum absolute atomic E-state index is 4.90. The molecule has 1 fully saturated rings. The predicted molar refractivity (Wildman–Crippen MR) is 102 cm³/mol. The molecule has 6 heteroatoms. The second-order valence-corrected chi connectivity index (χ2v) is 6.95. The first kappa shape index (κ1) is 15.5. The highest BCUT2D eigenvalue weighted by atomic mass is 15.4. The number of fused-ring (bicyclic) bond motifs is 2. The molecular weight excluding hydrogens is 324 g/mol. The van der Waals surface area contributed by atoms with Crippen LogP contribution >= 0.6 is 0 Å². The smallest absolute Gasteiger partial charge is 0.131 e. The fourth-order valence-electron chi connectivity index (χ4n) is 3.91. The van der Waals surface area contributed by atoms with Crippen molar-refractivity contribution < 1.29 is 0 Å². The van der Waals surface area contributed by atoms with E-state index < -0.39 is 0 Å². The normalized spacial score (nSPS) is 15.4. The summed E-state index contributed by atoms with van der Waals surface area (Å²) in [6.45, 7) is 5.11. The predicted octanol–water partition coefficient (Wildman–Crippen LogP) is 2.93. The molecule has 0 atom stereocenters. The summed E-state index contributed by atoms with van der Waals surface area (Å²) in [5, 5.41) is 8.62. The first-order valence-corrected chi connectivity index (χ1v) is 9.33. The van der Waals surface area contributed by atoms with Gasteiger partial charge in [0, 0.05) is 13.1 Å². The second-order valence-electron chi connectivity index (χ2n) is 6.95. The molecule has 0 unspecified atom stereocenters. The summed E-state index contributed by atoms with van der Waals surface area (Å²) < 4.78 is 4.30. The molecule has 1 saturated heterocycles. The average molecular weight is 346 g/mol. The minimum atomic E-state index is 0.634. The van der Waals surface area contributed by atoms with Crippen molar-refractivity contribution in [1.29, 1.82) is 0 Å². The molecule has 2 aromatic carbocycles. The minimum absolute atomic E-state index is 0.634. The van der Waals surface area contributed by atoms with Gasteiger partial charge in [0.05, 0.1) is 16.6 Å². The van der Waals surface area contributed by atoms with E-state index in [1.165, 1.54) is 31.4 Å². The summed E-state index contributed by atoms with van der Waals surface area (Å²) in [4.78, 5) is 7.44. The summed E-state index contributed by atoms with van der Waals surface area (Å²) in [5.41, 5.74) is 4.22. The largest absolute Gasteiger partial charge is 0.325 e. The van der Waals surface area contributed by atoms with Crippen LogP contribution < -0.4 is 0 Å². The van der Waals surface area contributed by atoms with Crippen molar-refractivity contribution in [2.45, 2.75) is 25.9 Å². The Hall–Kier alpha value is -2.73. The summed E-state index contributed by atoms with van der Waals surface area (Å²) in [5.74, 6) is 1.04. The highest BCUT2D eigenvalue weighted by Gasteiger charge is 2.16. The maximum Gasteiger partial charge on any atom is 0.131 e. The van der Waals surface area contributed by atoms with Gasteiger partial charge >= 0.3 is 0 Å². The molecule has 0 radical (unpaired) electrons. The molecule has 4 aromatic rings. The third-order valence-electron chi connectivity index (χ3n) is 5.28. The van der Waals surface area contributed by atoms with E-state index in [1.807, 2.05) is 22.9 Å². The third-order valence-corrected chi connectivity index (χ3v) is 5.28. The Morgan fingerprint density at radius 3 is 2.38 bits per heavy atom. The highest BCUT2D eigenvalue weighted by Crippen LogP contribution is 2.19. The number of para-hydroxylation sites is 3. The number of hydrogen-bond donors (Lipinski definition) is 0. The van der Waals surface area contributed by atoms with Gasteiger partial charge in [-0.25, -0.2) is 9.67 Å². The van der Waals surface area contributed by atoms with Crippen molar-refractivity contribution >= 4 is 22.1 Å². The lowest BCUT2D eigenvalue weighted by molar-refractivity contribution is 0.322. The van der Waals surface area contributed by atoms with Crippen molar-refractivity contribution in [3.05, 3.63) is 54.4 Å². The van der Waals surface area contributed by atoms with E-state index in [4.69, 9.17) is 4.98 Å². The molecule has 6 nitrogen and oxygen atoms in total. The number of hydrogen-bond acceptors (Lipinski definition) is 4. The Kier molecular flexibility index (Phi) is 3.90. The van der Waals surface area contributed by atoms with Crippen LogP contribution in [0.3, 0.4) is 0 Å². The lowest BCUT2D eigenvalue weighted by Gasteiger charge is -2.16. The SMILES string of the molecule is c1ccc2c(c1)nnn2Cc1nc2ccccc2n1CCN1CCCC1. The van der Waals surface area contributed by atoms with Crippen LogP contribution in [-0.2, 0) is 13.1 Å². The van der Waals surface area contributed by atoms with E-state index in [0.717, 1.165) is 35.5 Å². The van der Waals surface area contributed by atoms with Gasteiger partial charge in [0.2, 0.25) is 0 Å². The van der Waals surface area contributed by atoms with Crippen LogP contribution in [0.2, 0.25) is 0 Å². The fraction of sp³-hybridized carbons (Fsp3) is 0.350. The molecule has 26 heavy (non-hydrogen) atoms. The quantitative estimate of drug-likeness (QED) is 0.557. The van der Waals surface area contributed by atoms with Crippen LogP contribution in [-0.4, -0.2) is 49.1 Å². The van der Waals surface area contributed by atoms with E-state index in [-0.39, 0.29) is 0 Å². The van der Waals surface area contributed by atoms with Crippen molar-refractivity contribution in [2.75, 3.05) is 19.6 Å². The van der Waals surface area contributed by atoms with Crippen LogP contribution in [0.4, 0.5) is 0 Å². The zero-order chi connectivity index (χ0) is 17.3. The lowest BCUT2D eigenvalue weighted by Crippen LogP contribution is -2.25. The summed E-state index contributed by atoms with van der Waals surface area (Å²) in [6.07, 6.45) is 2.64. The maximum atomic E-state index is 4.90. The van der Waals surface area contributed by atoms with E-state index >= 15 is 0 Å². The van der Waals surface area contributed by atoms with Crippen LogP contribution in [0.15, 0.2) is 48.5 Å². The molecule has 0 saturated carbocycles. The zero-order valence-electron chi connectivity index (χ0n) is 14.8. The minimum Gasteiger partial charge on any atom is -0.325 e. The average Bonchev–Trinajstić information content (AvgIpc) is 3.39. The Morgan fingerprint density at radius 1 is 0.808 bits per heavy atom. The van der Waals surface area contributed by atoms with Crippen LogP contribution in [0.5, 0.6) is 0 Å². The number of imidazole rings is 1. The summed E-state index contributed by atoms with van der Waals surface area (Å²) in [7, 11) is 0. The van der Waals surface area contributed by atoms with Crippen molar-refractivity contribution in [1.82, 2.24) is 29.4 Å². The molecule has 2 aromatic heterocycles. The van der Waals surface area contributed by atoms with Gasteiger partial charge in [-0.1, -0.05) is 29.5 Å². The Labute approximate surface area is 152 Å². The number of likely N-dealkylation sites (tertiary alicyclic amines) is 1. The van der Waals surface area contributed by atoms with Gasteiger partial charge in [0.15, 0.2) is 0 Å². The van der Waals surface area contributed by atoms with E-state index in [1.54, 1.807) is 0 Å². The van der Waals surface area contributed by atoms with Gasteiger partial charge < -0.3 is 9.47 Å². The molecular formula is C20H22N6. The van der Waals surface area contributed by atoms with Crippen LogP contribution in [0, 0.1) is 0 Å². The third kappa shape index (κ3) is 2.76. The van der Waals surface area contributed by atoms with Gasteiger partial charge in [-0.05, 0) is 50.2 Å². The number of benzene rings is 2. The van der Waals surface area contributed by atoms with E-state index in [2.05, 4.69) is 50.1 Å². The summed E-state index contributed by atoms with van der Waals surface area (Å²) in [6, 6.07) is 16.5. The van der Waals surface area contributed by atoms with Gasteiger partial charge in [-0.15, -0.1) is 5.10 Å². The molecule has 0 amide bonds. The fourth-order valence-corrected chi connectivity index (χ4v) is 3.91. The highest BCUT2D eigenvalue weighted by molar-refractivity contribution is 5.76. The molecule has 0 spiro atoms. The Bertz CT molecular complexity index is 1040. The van der Waals surface area contributed by atoms with Crippen molar-refractivity contribution in [3.63, 3.8) is 0 Å². The van der Waals surface area contributed by atoms with Crippen LogP contribution in [0.25, 0.3) is 22.1 Å². The molecule has 5 rings (SSSR count). The molecule has 132 valence electrons. The topological polar surface area (TPSA) is 51.8 Å². The number of aromatic nitrogens is 5. The molecule has 1 aliphatic heterocycles. The van der Waals surface area contributed by atoms with Gasteiger partial charge in [0.1, 0.15) is 17.9 Å². The second kappa shape index (κ2) is 6.53. The van der Waals surface area contributed by atoms with E-state index in [0.29, 0.717) is 6.54 Å². The standard InChI is InChI=1S/C20H22N6/c1-3-9-18-16(7-1)21-20(25(18)14-13-24-11-5-6-12-24)15-26-19-10-4-2-8-17(19)22-23-26/h1-4,7-10H,5-6,11-15H2. The van der Waals surface area contributed by atoms with Gasteiger partial charge in [-0.3, -0.25) is 0 Å². The van der Waals surface area contributed by atoms with Crippen molar-refractivity contribution in [2.24, 2.45) is 0 Å². The Morgan fingerprint density at radius 2 is 1.54 bits per heavy atom. The monoisotopic (exact) mass is 346 g/mol. The summed E-state index contributed by atoms with van der Waals surface area (Å²) >= 11 is 0. The Balaban J connectivity index is 1.50. The molecule has 1 aliphatic rings. The number of rotatable bonds is 5. The lowest BCUT2D eigenvalue weighted by atomic mass is 10.3. The number of nitrogens with zero attached hydrogens (tertiary/aromatic N) is 6. The molecule has 0 N–H and O–H groups in total. The van der Waals surface area contributed by atoms with Gasteiger partial charge in [0.25, 0.3) is 0 Å². The first-order chi connectivity index (χ1) is 12.9. The van der Waals surface area contributed by atoms with Crippen molar-refractivity contribution in [3.8, 4) is 0 Å². The molecule has 0 aliphatic carbocycles. The zero-order valence-corrected chi connectivity index (χ0v) is 14.8. The molecule has 0 bridgehead atoms. The van der Waals surface area contributed by atoms with Gasteiger partial charge in [-0.2, -0.15) is 0 Å². The van der Waals surface area contributed by atoms with E-state index in [9.17, 15) is 0 Å². The first-order valence-electron chi connectivity index (χ1n) is 9.33.